The van der Waals surface area contributed by atoms with Crippen LogP contribution in [0.1, 0.15) is 29.3 Å². The van der Waals surface area contributed by atoms with E-state index in [-0.39, 0.29) is 28.2 Å². The molecule has 0 radical (unpaired) electrons. The first-order chi connectivity index (χ1) is 9.84. The van der Waals surface area contributed by atoms with Crippen LogP contribution in [0.3, 0.4) is 0 Å². The van der Waals surface area contributed by atoms with Crippen molar-refractivity contribution in [3.05, 3.63) is 27.2 Å². The third kappa shape index (κ3) is 2.85. The second kappa shape index (κ2) is 6.03. The quantitative estimate of drug-likeness (QED) is 0.613. The fourth-order valence-corrected chi connectivity index (χ4v) is 2.97. The number of esters is 1. The molecule has 0 aliphatic heterocycles. The fourth-order valence-electron chi connectivity index (χ4n) is 2.23. The Morgan fingerprint density at radius 1 is 1.38 bits per heavy atom. The number of ketones is 1. The van der Waals surface area contributed by atoms with Crippen LogP contribution < -0.4 is 4.74 Å². The summed E-state index contributed by atoms with van der Waals surface area (Å²) in [7, 11) is 1.25. The average Bonchev–Trinajstić information content (AvgIpc) is 2.73. The lowest BCUT2D eigenvalue weighted by atomic mass is 10.0. The third-order valence-electron chi connectivity index (χ3n) is 3.49. The minimum atomic E-state index is -0.990. The summed E-state index contributed by atoms with van der Waals surface area (Å²) in [6, 6.07) is 1.60. The summed E-state index contributed by atoms with van der Waals surface area (Å²) < 4.78 is 9.77. The second-order valence-electron chi connectivity index (χ2n) is 4.73. The largest absolute Gasteiger partial charge is 0.480 e. The predicted molar refractivity (Wildman–Crippen MR) is 80.9 cm³/mol. The summed E-state index contributed by atoms with van der Waals surface area (Å²) in [5, 5.41) is 0.194. The Morgan fingerprint density at radius 3 is 2.62 bits per heavy atom. The molecule has 2 rings (SSSR count). The zero-order valence-electron chi connectivity index (χ0n) is 11.5. The Morgan fingerprint density at radius 2 is 2.05 bits per heavy atom. The Hall–Kier alpha value is -0.970. The van der Waals surface area contributed by atoms with Gasteiger partial charge in [-0.1, -0.05) is 30.1 Å². The van der Waals surface area contributed by atoms with Crippen molar-refractivity contribution >= 4 is 46.6 Å². The molecule has 0 aromatic heterocycles. The van der Waals surface area contributed by atoms with Crippen molar-refractivity contribution < 1.29 is 19.1 Å². The molecule has 0 amide bonds. The number of rotatable bonds is 4. The molecule has 0 bridgehead atoms. The van der Waals surface area contributed by atoms with Crippen LogP contribution in [0.4, 0.5) is 0 Å². The number of carbonyl (C=O) groups is 2. The van der Waals surface area contributed by atoms with E-state index >= 15 is 0 Å². The van der Waals surface area contributed by atoms with Crippen molar-refractivity contribution in [1.29, 1.82) is 0 Å². The van der Waals surface area contributed by atoms with Gasteiger partial charge in [0.05, 0.1) is 12.1 Å². The second-order valence-corrected chi connectivity index (χ2v) is 6.21. The number of hydrogen-bond donors (Lipinski definition) is 0. The molecular weight excluding hydrogens is 339 g/mol. The van der Waals surface area contributed by atoms with Crippen LogP contribution in [0, 0.1) is 0 Å². The lowest BCUT2D eigenvalue weighted by molar-refractivity contribution is -0.142. The molecule has 7 heteroatoms. The van der Waals surface area contributed by atoms with Gasteiger partial charge in [-0.15, -0.1) is 11.6 Å². The van der Waals surface area contributed by atoms with Crippen LogP contribution in [-0.2, 0) is 16.0 Å². The first-order valence-corrected chi connectivity index (χ1v) is 7.41. The van der Waals surface area contributed by atoms with Crippen LogP contribution in [0.5, 0.6) is 5.75 Å². The summed E-state index contributed by atoms with van der Waals surface area (Å²) in [4.78, 5) is 22.5. The molecule has 0 spiro atoms. The predicted octanol–water partition coefficient (Wildman–Crippen LogP) is 3.67. The van der Waals surface area contributed by atoms with E-state index in [9.17, 15) is 9.59 Å². The fraction of sp³-hybridized carbons (Fsp3) is 0.429. The molecule has 1 atom stereocenters. The summed E-state index contributed by atoms with van der Waals surface area (Å²) >= 11 is 18.6. The van der Waals surface area contributed by atoms with Crippen LogP contribution in [-0.4, -0.2) is 30.3 Å². The lowest BCUT2D eigenvalue weighted by Gasteiger charge is -2.15. The maximum absolute atomic E-state index is 12.4. The Kier molecular flexibility index (Phi) is 4.71. The van der Waals surface area contributed by atoms with Crippen molar-refractivity contribution in [3.63, 3.8) is 0 Å². The number of carbonyl (C=O) groups excluding carboxylic acids is 2. The van der Waals surface area contributed by atoms with E-state index in [2.05, 4.69) is 4.74 Å². The molecule has 21 heavy (non-hydrogen) atoms. The monoisotopic (exact) mass is 350 g/mol. The lowest BCUT2D eigenvalue weighted by Crippen LogP contribution is -2.27. The molecule has 1 aromatic carbocycles. The average molecular weight is 352 g/mol. The maximum Gasteiger partial charge on any atom is 0.343 e. The number of benzene rings is 1. The number of Topliss-reactive ketones (excluding diaryl/α,β-unsaturated/α-hetero) is 1. The van der Waals surface area contributed by atoms with Crippen molar-refractivity contribution in [2.24, 2.45) is 0 Å². The van der Waals surface area contributed by atoms with Gasteiger partial charge < -0.3 is 9.47 Å². The Bertz CT molecular complexity index is 615. The number of halogens is 3. The van der Waals surface area contributed by atoms with Crippen molar-refractivity contribution in [3.8, 4) is 5.75 Å². The highest BCUT2D eigenvalue weighted by Crippen LogP contribution is 2.46. The van der Waals surface area contributed by atoms with Crippen LogP contribution in [0.2, 0.25) is 10.0 Å². The molecular formula is C14H13Cl3O4. The number of ether oxygens (including phenoxy) is 2. The summed E-state index contributed by atoms with van der Waals surface area (Å²) in [6.45, 7) is 1.54. The van der Waals surface area contributed by atoms with Gasteiger partial charge in [-0.2, -0.15) is 0 Å². The molecule has 0 saturated heterocycles. The highest BCUT2D eigenvalue weighted by molar-refractivity contribution is 6.48. The van der Waals surface area contributed by atoms with Crippen molar-refractivity contribution in [2.45, 2.75) is 24.6 Å². The first kappa shape index (κ1) is 16.4. The highest BCUT2D eigenvalue weighted by Gasteiger charge is 2.44. The SMILES string of the molecule is CCC1(Cl)Cc2cc(OCC(=O)OC)c(Cl)c(Cl)c2C1=O. The van der Waals surface area contributed by atoms with Gasteiger partial charge in [0.2, 0.25) is 0 Å². The van der Waals surface area contributed by atoms with Gasteiger partial charge in [0.25, 0.3) is 0 Å². The standard InChI is InChI=1S/C14H13Cl3O4/c1-3-14(17)5-7-4-8(21-6-9(18)20-2)11(15)12(16)10(7)13(14)19/h4H,3,5-6H2,1-2H3. The number of fused-ring (bicyclic) bond motifs is 1. The molecule has 0 saturated carbocycles. The van der Waals surface area contributed by atoms with Gasteiger partial charge in [-0.05, 0) is 24.5 Å². The van der Waals surface area contributed by atoms with Gasteiger partial charge in [0.1, 0.15) is 15.6 Å². The molecule has 1 aliphatic rings. The summed E-state index contributed by atoms with van der Waals surface area (Å²) in [5.41, 5.74) is 1.01. The molecule has 1 aromatic rings. The molecule has 114 valence electrons. The third-order valence-corrected chi connectivity index (χ3v) is 4.92. The van der Waals surface area contributed by atoms with Gasteiger partial charge in [-0.25, -0.2) is 4.79 Å². The molecule has 4 nitrogen and oxygen atoms in total. The van der Waals surface area contributed by atoms with Gasteiger partial charge in [0, 0.05) is 5.56 Å². The Labute approximate surface area is 137 Å². The Balaban J connectivity index is 2.39. The van der Waals surface area contributed by atoms with Gasteiger partial charge >= 0.3 is 5.97 Å². The first-order valence-electron chi connectivity index (χ1n) is 6.28. The number of alkyl halides is 1. The highest BCUT2D eigenvalue weighted by atomic mass is 35.5. The van der Waals surface area contributed by atoms with Crippen LogP contribution >= 0.6 is 34.8 Å². The molecule has 0 heterocycles. The van der Waals surface area contributed by atoms with E-state index in [0.717, 1.165) is 0 Å². The van der Waals surface area contributed by atoms with Gasteiger partial charge in [-0.3, -0.25) is 4.79 Å². The van der Waals surface area contributed by atoms with E-state index in [1.165, 1.54) is 7.11 Å². The topological polar surface area (TPSA) is 52.6 Å². The normalized spacial score (nSPS) is 20.3. The van der Waals surface area contributed by atoms with Crippen molar-refractivity contribution in [2.75, 3.05) is 13.7 Å². The molecule has 1 aliphatic carbocycles. The molecule has 0 fully saturated rings. The van der Waals surface area contributed by atoms with Crippen molar-refractivity contribution in [1.82, 2.24) is 0 Å². The van der Waals surface area contributed by atoms with E-state index in [4.69, 9.17) is 39.5 Å². The number of methoxy groups -OCH3 is 1. The smallest absolute Gasteiger partial charge is 0.343 e. The summed E-state index contributed by atoms with van der Waals surface area (Å²) in [6.07, 6.45) is 0.832. The van der Waals surface area contributed by atoms with E-state index in [1.807, 2.05) is 6.92 Å². The summed E-state index contributed by atoms with van der Waals surface area (Å²) in [5.74, 6) is -0.539. The number of hydrogen-bond acceptors (Lipinski definition) is 4. The van der Waals surface area contributed by atoms with Crippen LogP contribution in [0.25, 0.3) is 0 Å². The van der Waals surface area contributed by atoms with E-state index < -0.39 is 10.8 Å². The molecule has 0 N–H and O–H groups in total. The van der Waals surface area contributed by atoms with Crippen LogP contribution in [0.15, 0.2) is 6.07 Å². The molecule has 1 unspecified atom stereocenters. The minimum absolute atomic E-state index is 0.0877. The maximum atomic E-state index is 12.4. The van der Waals surface area contributed by atoms with Gasteiger partial charge in [0.15, 0.2) is 12.4 Å². The zero-order chi connectivity index (χ0) is 15.8. The van der Waals surface area contributed by atoms with E-state index in [1.54, 1.807) is 6.07 Å². The minimum Gasteiger partial charge on any atom is -0.480 e. The van der Waals surface area contributed by atoms with E-state index in [0.29, 0.717) is 24.0 Å². The zero-order valence-corrected chi connectivity index (χ0v) is 13.7.